The second-order valence-electron chi connectivity index (χ2n) is 9.68. The number of hydrogen-bond donors (Lipinski definition) is 0. The maximum Gasteiger partial charge on any atom is 0.296 e. The molecule has 0 N–H and O–H groups in total. The number of hydrogen-bond acceptors (Lipinski definition) is 5. The summed E-state index contributed by atoms with van der Waals surface area (Å²) < 4.78 is 43.3. The summed E-state index contributed by atoms with van der Waals surface area (Å²) in [5.74, 6) is 1.81. The Bertz CT molecular complexity index is 1300. The highest BCUT2D eigenvalue weighted by Gasteiger charge is 2.35. The molecule has 4 rings (SSSR count). The minimum absolute atomic E-state index is 0.0668. The molecule has 0 spiro atoms. The summed E-state index contributed by atoms with van der Waals surface area (Å²) in [5.41, 5.74) is 6.03. The minimum Gasteiger partial charge on any atom is -0.488 e. The first kappa shape index (κ1) is 25.3. The number of fused-ring (bicyclic) bond motifs is 1. The van der Waals surface area contributed by atoms with E-state index in [1.165, 1.54) is 5.56 Å². The molecule has 186 valence electrons. The predicted molar refractivity (Wildman–Crippen MR) is 138 cm³/mol. The standard InChI is InChI=1S/C29H34O5S/c1-20-11-13-25(14-12-20)35(30,31)33-18-17-29(5)16-15-26-23(4)27(21(2)22(3)28(26)34-29)32-19-24-9-7-6-8-10-24/h6-14H,15-19H2,1-5H3/t29-/m1/s1. The van der Waals surface area contributed by atoms with Gasteiger partial charge in [0.25, 0.3) is 10.1 Å². The van der Waals surface area contributed by atoms with Crippen LogP contribution < -0.4 is 9.47 Å². The maximum atomic E-state index is 12.6. The van der Waals surface area contributed by atoms with Crippen LogP contribution in [0.2, 0.25) is 0 Å². The lowest BCUT2D eigenvalue weighted by atomic mass is 9.86. The number of aryl methyl sites for hydroxylation is 1. The first-order chi connectivity index (χ1) is 16.6. The molecule has 0 fully saturated rings. The molecule has 1 aliphatic heterocycles. The molecule has 3 aromatic carbocycles. The fraction of sp³-hybridized carbons (Fsp3) is 0.379. The SMILES string of the molecule is Cc1ccc(S(=O)(=O)OCC[C@@]2(C)CCc3c(C)c(OCc4ccccc4)c(C)c(C)c3O2)cc1. The topological polar surface area (TPSA) is 61.8 Å². The van der Waals surface area contributed by atoms with Crippen molar-refractivity contribution < 1.29 is 22.1 Å². The Balaban J connectivity index is 1.46. The van der Waals surface area contributed by atoms with Gasteiger partial charge in [0, 0.05) is 12.0 Å². The molecule has 1 aliphatic rings. The summed E-state index contributed by atoms with van der Waals surface area (Å²) in [6.45, 7) is 10.8. The van der Waals surface area contributed by atoms with Crippen LogP contribution in [0, 0.1) is 27.7 Å². The molecular formula is C29H34O5S. The van der Waals surface area contributed by atoms with Crippen LogP contribution in [-0.2, 0) is 27.3 Å². The summed E-state index contributed by atoms with van der Waals surface area (Å²) in [4.78, 5) is 0.174. The zero-order valence-corrected chi connectivity index (χ0v) is 22.0. The van der Waals surface area contributed by atoms with E-state index in [-0.39, 0.29) is 11.5 Å². The van der Waals surface area contributed by atoms with Crippen LogP contribution in [0.3, 0.4) is 0 Å². The Morgan fingerprint density at radius 2 is 1.60 bits per heavy atom. The van der Waals surface area contributed by atoms with Gasteiger partial charge < -0.3 is 9.47 Å². The van der Waals surface area contributed by atoms with Crippen molar-refractivity contribution in [1.29, 1.82) is 0 Å². The second-order valence-corrected chi connectivity index (χ2v) is 11.3. The molecule has 0 bridgehead atoms. The van der Waals surface area contributed by atoms with Crippen LogP contribution in [0.5, 0.6) is 11.5 Å². The Labute approximate surface area is 209 Å². The van der Waals surface area contributed by atoms with E-state index in [2.05, 4.69) is 32.9 Å². The highest BCUT2D eigenvalue weighted by molar-refractivity contribution is 7.86. The summed E-state index contributed by atoms with van der Waals surface area (Å²) in [5, 5.41) is 0. The fourth-order valence-corrected chi connectivity index (χ4v) is 5.45. The molecule has 0 amide bonds. The van der Waals surface area contributed by atoms with E-state index in [1.807, 2.05) is 32.0 Å². The van der Waals surface area contributed by atoms with Crippen LogP contribution in [-0.4, -0.2) is 20.6 Å². The van der Waals surface area contributed by atoms with Gasteiger partial charge in [-0.25, -0.2) is 0 Å². The van der Waals surface area contributed by atoms with Crippen LogP contribution in [0.1, 0.15) is 53.1 Å². The third-order valence-electron chi connectivity index (χ3n) is 6.97. The van der Waals surface area contributed by atoms with E-state index in [4.69, 9.17) is 13.7 Å². The normalized spacial score (nSPS) is 17.5. The van der Waals surface area contributed by atoms with Crippen LogP contribution in [0.4, 0.5) is 0 Å². The lowest BCUT2D eigenvalue weighted by Crippen LogP contribution is -2.38. The molecule has 3 aromatic rings. The van der Waals surface area contributed by atoms with Crippen molar-refractivity contribution in [3.05, 3.63) is 88.0 Å². The molecule has 0 aromatic heterocycles. The predicted octanol–water partition coefficient (Wildman–Crippen LogP) is 6.38. The van der Waals surface area contributed by atoms with Crippen molar-refractivity contribution in [1.82, 2.24) is 0 Å². The molecule has 35 heavy (non-hydrogen) atoms. The molecule has 0 radical (unpaired) electrons. The van der Waals surface area contributed by atoms with Crippen molar-refractivity contribution in [2.75, 3.05) is 6.61 Å². The first-order valence-electron chi connectivity index (χ1n) is 12.0. The maximum absolute atomic E-state index is 12.6. The van der Waals surface area contributed by atoms with Gasteiger partial charge in [-0.3, -0.25) is 4.18 Å². The van der Waals surface area contributed by atoms with Gasteiger partial charge >= 0.3 is 0 Å². The zero-order valence-electron chi connectivity index (χ0n) is 21.2. The molecule has 6 heteroatoms. The monoisotopic (exact) mass is 494 g/mol. The molecule has 1 heterocycles. The quantitative estimate of drug-likeness (QED) is 0.340. The van der Waals surface area contributed by atoms with E-state index >= 15 is 0 Å². The molecule has 5 nitrogen and oxygen atoms in total. The van der Waals surface area contributed by atoms with E-state index in [1.54, 1.807) is 24.3 Å². The van der Waals surface area contributed by atoms with Gasteiger partial charge in [-0.1, -0.05) is 48.0 Å². The van der Waals surface area contributed by atoms with Crippen LogP contribution >= 0.6 is 0 Å². The third-order valence-corrected chi connectivity index (χ3v) is 8.29. The fourth-order valence-electron chi connectivity index (χ4n) is 4.54. The Morgan fingerprint density at radius 1 is 0.914 bits per heavy atom. The van der Waals surface area contributed by atoms with Crippen LogP contribution in [0.25, 0.3) is 0 Å². The summed E-state index contributed by atoms with van der Waals surface area (Å²) in [7, 11) is -3.79. The van der Waals surface area contributed by atoms with Gasteiger partial charge in [-0.2, -0.15) is 8.42 Å². The summed E-state index contributed by atoms with van der Waals surface area (Å²) in [6, 6.07) is 16.8. The largest absolute Gasteiger partial charge is 0.488 e. The van der Waals surface area contributed by atoms with Gasteiger partial charge in [-0.15, -0.1) is 0 Å². The van der Waals surface area contributed by atoms with Crippen molar-refractivity contribution in [2.45, 2.75) is 71.0 Å². The van der Waals surface area contributed by atoms with Crippen molar-refractivity contribution in [2.24, 2.45) is 0 Å². The number of ether oxygens (including phenoxy) is 2. The van der Waals surface area contributed by atoms with E-state index in [0.29, 0.717) is 13.0 Å². The van der Waals surface area contributed by atoms with Gasteiger partial charge in [0.1, 0.15) is 23.7 Å². The minimum atomic E-state index is -3.79. The lowest BCUT2D eigenvalue weighted by molar-refractivity contribution is 0.0420. The zero-order chi connectivity index (χ0) is 25.2. The van der Waals surface area contributed by atoms with Crippen molar-refractivity contribution in [3.63, 3.8) is 0 Å². The van der Waals surface area contributed by atoms with Gasteiger partial charge in [0.15, 0.2) is 0 Å². The van der Waals surface area contributed by atoms with E-state index in [9.17, 15) is 8.42 Å². The molecule has 1 atom stereocenters. The van der Waals surface area contributed by atoms with Crippen LogP contribution in [0.15, 0.2) is 59.5 Å². The second kappa shape index (κ2) is 10.0. The van der Waals surface area contributed by atoms with Crippen molar-refractivity contribution in [3.8, 4) is 11.5 Å². The Morgan fingerprint density at radius 3 is 2.29 bits per heavy atom. The molecule has 0 aliphatic carbocycles. The van der Waals surface area contributed by atoms with Gasteiger partial charge in [0.2, 0.25) is 0 Å². The molecule has 0 unspecified atom stereocenters. The first-order valence-corrected chi connectivity index (χ1v) is 13.4. The summed E-state index contributed by atoms with van der Waals surface area (Å²) in [6.07, 6.45) is 2.09. The number of benzene rings is 3. The van der Waals surface area contributed by atoms with Crippen molar-refractivity contribution >= 4 is 10.1 Å². The third kappa shape index (κ3) is 5.54. The molecule has 0 saturated heterocycles. The van der Waals surface area contributed by atoms with Gasteiger partial charge in [0.05, 0.1) is 11.5 Å². The molecule has 0 saturated carbocycles. The molecular weight excluding hydrogens is 460 g/mol. The van der Waals surface area contributed by atoms with E-state index < -0.39 is 15.7 Å². The lowest BCUT2D eigenvalue weighted by Gasteiger charge is -2.38. The average molecular weight is 495 g/mol. The Kier molecular flexibility index (Phi) is 7.25. The smallest absolute Gasteiger partial charge is 0.296 e. The highest BCUT2D eigenvalue weighted by atomic mass is 32.2. The van der Waals surface area contributed by atoms with E-state index in [0.717, 1.165) is 52.2 Å². The average Bonchev–Trinajstić information content (AvgIpc) is 2.83. The Hall–Kier alpha value is -2.83. The van der Waals surface area contributed by atoms with Gasteiger partial charge in [-0.05, 0) is 81.8 Å². The number of rotatable bonds is 8. The summed E-state index contributed by atoms with van der Waals surface area (Å²) >= 11 is 0. The highest BCUT2D eigenvalue weighted by Crippen LogP contribution is 2.44.